The molecule has 0 aliphatic carbocycles. The summed E-state index contributed by atoms with van der Waals surface area (Å²) in [5, 5.41) is 0. The van der Waals surface area contributed by atoms with E-state index in [0.29, 0.717) is 4.64 Å². The monoisotopic (exact) mass is 231 g/mol. The number of H-pyrrole nitrogens is 1. The van der Waals surface area contributed by atoms with Crippen LogP contribution in [0.3, 0.4) is 0 Å². The van der Waals surface area contributed by atoms with Crippen LogP contribution in [0, 0.1) is 11.6 Å². The third-order valence-corrected chi connectivity index (χ3v) is 2.63. The van der Waals surface area contributed by atoms with Crippen LogP contribution in [-0.4, -0.2) is 15.0 Å². The second-order valence-corrected chi connectivity index (χ2v) is 4.06. The zero-order chi connectivity index (χ0) is 11.5. The van der Waals surface area contributed by atoms with Crippen LogP contribution in [0.4, 0.5) is 0 Å². The molecule has 0 aromatic carbocycles. The summed E-state index contributed by atoms with van der Waals surface area (Å²) in [5.74, 6) is 0.823. The summed E-state index contributed by atoms with van der Waals surface area (Å²) in [6.45, 7) is 4.08. The molecule has 0 unspecified atom stereocenters. The van der Waals surface area contributed by atoms with E-state index in [1.165, 1.54) is 5.56 Å². The molecule has 0 saturated carbocycles. The maximum atomic E-state index is 5.12. The van der Waals surface area contributed by atoms with Crippen molar-refractivity contribution in [3.05, 3.63) is 40.4 Å². The Morgan fingerprint density at radius 2 is 2.25 bits per heavy atom. The Labute approximate surface area is 99.6 Å². The molecule has 2 rings (SSSR count). The third kappa shape index (κ3) is 2.17. The normalized spacial score (nSPS) is 10.4. The Bertz CT molecular complexity index is 560. The minimum absolute atomic E-state index is 0.616. The smallest absolute Gasteiger partial charge is 0.139 e. The van der Waals surface area contributed by atoms with Crippen LogP contribution < -0.4 is 0 Å². The first-order chi connectivity index (χ1) is 7.70. The number of aromatic amines is 1. The molecule has 2 aromatic heterocycles. The van der Waals surface area contributed by atoms with Gasteiger partial charge < -0.3 is 4.98 Å². The highest BCUT2D eigenvalue weighted by Gasteiger charge is 2.05. The summed E-state index contributed by atoms with van der Waals surface area (Å²) >= 11 is 5.12. The summed E-state index contributed by atoms with van der Waals surface area (Å²) in [7, 11) is 0. The lowest BCUT2D eigenvalue weighted by atomic mass is 10.1. The van der Waals surface area contributed by atoms with Gasteiger partial charge in [0.15, 0.2) is 0 Å². The molecule has 0 aliphatic rings. The second-order valence-electron chi connectivity index (χ2n) is 3.64. The molecule has 1 N–H and O–H groups in total. The van der Waals surface area contributed by atoms with Gasteiger partial charge in [-0.05, 0) is 31.0 Å². The Hall–Kier alpha value is -1.55. The molecule has 0 saturated heterocycles. The van der Waals surface area contributed by atoms with Crippen LogP contribution in [0.1, 0.15) is 18.2 Å². The highest BCUT2D eigenvalue weighted by Crippen LogP contribution is 2.19. The summed E-state index contributed by atoms with van der Waals surface area (Å²) in [4.78, 5) is 11.7. The lowest BCUT2D eigenvalue weighted by molar-refractivity contribution is 1.06. The van der Waals surface area contributed by atoms with Crippen LogP contribution in [0.2, 0.25) is 0 Å². The van der Waals surface area contributed by atoms with Crippen molar-refractivity contribution in [1.29, 1.82) is 0 Å². The van der Waals surface area contributed by atoms with Crippen LogP contribution in [-0.2, 0) is 6.42 Å². The first-order valence-electron chi connectivity index (χ1n) is 5.22. The number of aryl methyl sites for hydroxylation is 2. The fourth-order valence-electron chi connectivity index (χ4n) is 1.65. The van der Waals surface area contributed by atoms with Crippen LogP contribution in [0.15, 0.2) is 24.5 Å². The van der Waals surface area contributed by atoms with E-state index >= 15 is 0 Å². The van der Waals surface area contributed by atoms with Crippen molar-refractivity contribution < 1.29 is 0 Å². The Balaban J connectivity index is 2.62. The first-order valence-corrected chi connectivity index (χ1v) is 5.62. The maximum Gasteiger partial charge on any atom is 0.139 e. The molecule has 0 radical (unpaired) electrons. The van der Waals surface area contributed by atoms with E-state index in [2.05, 4.69) is 21.9 Å². The largest absolute Gasteiger partial charge is 0.343 e. The third-order valence-electron chi connectivity index (χ3n) is 2.42. The van der Waals surface area contributed by atoms with E-state index in [-0.39, 0.29) is 0 Å². The molecule has 16 heavy (non-hydrogen) atoms. The molecule has 2 heterocycles. The maximum absolute atomic E-state index is 5.12. The van der Waals surface area contributed by atoms with E-state index in [9.17, 15) is 0 Å². The van der Waals surface area contributed by atoms with Crippen molar-refractivity contribution in [3.63, 3.8) is 0 Å². The molecule has 0 atom stereocenters. The average Bonchev–Trinajstić information content (AvgIpc) is 2.27. The minimum Gasteiger partial charge on any atom is -0.343 e. The molecule has 82 valence electrons. The van der Waals surface area contributed by atoms with Crippen molar-refractivity contribution in [2.24, 2.45) is 0 Å². The van der Waals surface area contributed by atoms with Crippen LogP contribution in [0.25, 0.3) is 11.4 Å². The summed E-state index contributed by atoms with van der Waals surface area (Å²) in [6, 6.07) is 3.82. The highest BCUT2D eigenvalue weighted by atomic mass is 32.1. The van der Waals surface area contributed by atoms with E-state index < -0.39 is 0 Å². The fraction of sp³-hybridized carbons (Fsp3) is 0.250. The predicted octanol–water partition coefficient (Wildman–Crippen LogP) is 3.07. The van der Waals surface area contributed by atoms with E-state index in [4.69, 9.17) is 12.2 Å². The van der Waals surface area contributed by atoms with Gasteiger partial charge in [-0.2, -0.15) is 0 Å². The van der Waals surface area contributed by atoms with Crippen LogP contribution in [0.5, 0.6) is 0 Å². The van der Waals surface area contributed by atoms with Gasteiger partial charge in [-0.1, -0.05) is 19.1 Å². The lowest BCUT2D eigenvalue weighted by Crippen LogP contribution is -1.96. The molecule has 0 aliphatic heterocycles. The van der Waals surface area contributed by atoms with Gasteiger partial charge in [0, 0.05) is 23.7 Å². The zero-order valence-corrected chi connectivity index (χ0v) is 10.1. The summed E-state index contributed by atoms with van der Waals surface area (Å²) in [6.07, 6.45) is 4.57. The number of nitrogens with zero attached hydrogens (tertiary/aromatic N) is 2. The molecule has 4 heteroatoms. The van der Waals surface area contributed by atoms with E-state index in [1.54, 1.807) is 6.20 Å². The van der Waals surface area contributed by atoms with Crippen LogP contribution >= 0.6 is 12.2 Å². The van der Waals surface area contributed by atoms with Gasteiger partial charge in [0.25, 0.3) is 0 Å². The molecule has 0 amide bonds. The SMILES string of the molecule is CCc1cnccc1-c1nc(=S)cc(C)[nH]1. The number of hydrogen-bond donors (Lipinski definition) is 1. The van der Waals surface area contributed by atoms with Gasteiger partial charge in [-0.25, -0.2) is 4.98 Å². The molecule has 0 fully saturated rings. The lowest BCUT2D eigenvalue weighted by Gasteiger charge is -2.07. The topological polar surface area (TPSA) is 41.6 Å². The highest BCUT2D eigenvalue weighted by molar-refractivity contribution is 7.71. The van der Waals surface area contributed by atoms with Crippen molar-refractivity contribution >= 4 is 12.2 Å². The molecular formula is C12H13N3S. The van der Waals surface area contributed by atoms with E-state index in [1.807, 2.05) is 25.3 Å². The van der Waals surface area contributed by atoms with Gasteiger partial charge >= 0.3 is 0 Å². The van der Waals surface area contributed by atoms with Gasteiger partial charge in [0.1, 0.15) is 10.5 Å². The number of nitrogens with one attached hydrogen (secondary N) is 1. The molecule has 2 aromatic rings. The Morgan fingerprint density at radius 3 is 2.94 bits per heavy atom. The number of hydrogen-bond acceptors (Lipinski definition) is 3. The fourth-order valence-corrected chi connectivity index (χ4v) is 1.91. The quantitative estimate of drug-likeness (QED) is 0.808. The van der Waals surface area contributed by atoms with E-state index in [0.717, 1.165) is 23.5 Å². The zero-order valence-electron chi connectivity index (χ0n) is 9.32. The van der Waals surface area contributed by atoms with Gasteiger partial charge in [0.2, 0.25) is 0 Å². The van der Waals surface area contributed by atoms with Crippen molar-refractivity contribution in [1.82, 2.24) is 15.0 Å². The van der Waals surface area contributed by atoms with Gasteiger partial charge in [-0.3, -0.25) is 4.98 Å². The number of pyridine rings is 1. The van der Waals surface area contributed by atoms with Crippen molar-refractivity contribution in [2.75, 3.05) is 0 Å². The Kier molecular flexibility index (Phi) is 3.10. The number of rotatable bonds is 2. The van der Waals surface area contributed by atoms with Crippen molar-refractivity contribution in [2.45, 2.75) is 20.3 Å². The molecule has 0 spiro atoms. The summed E-state index contributed by atoms with van der Waals surface area (Å²) in [5.41, 5.74) is 3.27. The molecule has 0 bridgehead atoms. The molecular weight excluding hydrogens is 218 g/mol. The van der Waals surface area contributed by atoms with Gasteiger partial charge in [-0.15, -0.1) is 0 Å². The standard InChI is InChI=1S/C12H13N3S/c1-3-9-7-13-5-4-10(9)12-14-8(2)6-11(16)15-12/h4-7H,3H2,1-2H3,(H,14,15,16). The minimum atomic E-state index is 0.616. The summed E-state index contributed by atoms with van der Waals surface area (Å²) < 4.78 is 0.616. The second kappa shape index (κ2) is 4.53. The average molecular weight is 231 g/mol. The van der Waals surface area contributed by atoms with Gasteiger partial charge in [0.05, 0.1) is 0 Å². The number of aromatic nitrogens is 3. The molecule has 3 nitrogen and oxygen atoms in total. The first kappa shape index (κ1) is 11.0. The Morgan fingerprint density at radius 1 is 1.44 bits per heavy atom. The van der Waals surface area contributed by atoms with Crippen molar-refractivity contribution in [3.8, 4) is 11.4 Å². The predicted molar refractivity (Wildman–Crippen MR) is 66.8 cm³/mol.